The highest BCUT2D eigenvalue weighted by atomic mass is 32.2. The third kappa shape index (κ3) is 3.42. The van der Waals surface area contributed by atoms with Gasteiger partial charge in [0, 0.05) is 18.9 Å². The van der Waals surface area contributed by atoms with E-state index < -0.39 is 0 Å². The summed E-state index contributed by atoms with van der Waals surface area (Å²) >= 11 is 3.09. The second-order valence-electron chi connectivity index (χ2n) is 5.10. The summed E-state index contributed by atoms with van der Waals surface area (Å²) in [5, 5.41) is 10.8. The fourth-order valence-electron chi connectivity index (χ4n) is 2.30. The average molecular weight is 354 g/mol. The van der Waals surface area contributed by atoms with Gasteiger partial charge in [-0.2, -0.15) is 0 Å². The third-order valence-corrected chi connectivity index (χ3v) is 5.13. The monoisotopic (exact) mass is 354 g/mol. The summed E-state index contributed by atoms with van der Waals surface area (Å²) < 4.78 is 7.84. The molecule has 0 fully saturated rings. The molecule has 0 saturated carbocycles. The van der Waals surface area contributed by atoms with Crippen LogP contribution in [0.2, 0.25) is 0 Å². The largest absolute Gasteiger partial charge is 0.410 e. The molecule has 0 aliphatic rings. The molecule has 5 nitrogen and oxygen atoms in total. The van der Waals surface area contributed by atoms with Gasteiger partial charge < -0.3 is 8.98 Å². The number of aromatic nitrogens is 4. The zero-order valence-corrected chi connectivity index (χ0v) is 14.3. The highest BCUT2D eigenvalue weighted by Crippen LogP contribution is 2.27. The Hall–Kier alpha value is -2.38. The molecule has 0 aliphatic heterocycles. The van der Waals surface area contributed by atoms with Crippen LogP contribution in [-0.4, -0.2) is 19.7 Å². The molecule has 120 valence electrons. The molecular weight excluding hydrogens is 340 g/mol. The number of benzene rings is 1. The number of hydrogen-bond donors (Lipinski definition) is 0. The second-order valence-corrected chi connectivity index (χ2v) is 6.97. The normalized spacial score (nSPS) is 11.0. The molecule has 4 rings (SSSR count). The maximum Gasteiger partial charge on any atom is 0.277 e. The van der Waals surface area contributed by atoms with Crippen LogP contribution in [-0.2, 0) is 12.3 Å². The van der Waals surface area contributed by atoms with Gasteiger partial charge in [-0.1, -0.05) is 48.2 Å². The number of imidazole rings is 1. The lowest BCUT2D eigenvalue weighted by Crippen LogP contribution is -2.03. The van der Waals surface area contributed by atoms with Crippen LogP contribution in [0.3, 0.4) is 0 Å². The van der Waals surface area contributed by atoms with E-state index in [1.54, 1.807) is 11.3 Å². The summed E-state index contributed by atoms with van der Waals surface area (Å²) in [6, 6.07) is 14.3. The molecule has 3 aromatic heterocycles. The summed E-state index contributed by atoms with van der Waals surface area (Å²) in [6.07, 6.45) is 3.82. The first-order chi connectivity index (χ1) is 11.9. The van der Waals surface area contributed by atoms with E-state index in [0.717, 1.165) is 17.2 Å². The van der Waals surface area contributed by atoms with Crippen molar-refractivity contribution in [2.75, 3.05) is 0 Å². The maximum absolute atomic E-state index is 5.70. The Bertz CT molecular complexity index is 900. The number of rotatable bonds is 6. The van der Waals surface area contributed by atoms with Gasteiger partial charge in [0.15, 0.2) is 0 Å². The van der Waals surface area contributed by atoms with E-state index in [4.69, 9.17) is 4.42 Å². The van der Waals surface area contributed by atoms with Gasteiger partial charge in [-0.25, -0.2) is 4.98 Å². The zero-order chi connectivity index (χ0) is 16.2. The lowest BCUT2D eigenvalue weighted by atomic mass is 10.2. The Morgan fingerprint density at radius 2 is 2.00 bits per heavy atom. The molecule has 4 aromatic rings. The number of thioether (sulfide) groups is 1. The minimum absolute atomic E-state index is 0.563. The highest BCUT2D eigenvalue weighted by molar-refractivity contribution is 7.98. The quantitative estimate of drug-likeness (QED) is 0.482. The fraction of sp³-hybridized carbons (Fsp3) is 0.118. The third-order valence-electron chi connectivity index (χ3n) is 3.46. The van der Waals surface area contributed by atoms with Crippen molar-refractivity contribution >= 4 is 23.1 Å². The van der Waals surface area contributed by atoms with Crippen molar-refractivity contribution in [2.24, 2.45) is 0 Å². The Morgan fingerprint density at radius 3 is 2.83 bits per heavy atom. The van der Waals surface area contributed by atoms with Crippen LogP contribution in [0.15, 0.2) is 69.9 Å². The van der Waals surface area contributed by atoms with E-state index in [1.165, 1.54) is 17.3 Å². The SMILES string of the molecule is c1ccc(Cn2ccnc2CSc2nnc(-c3cccs3)o2)cc1. The summed E-state index contributed by atoms with van der Waals surface area (Å²) in [6.45, 7) is 0.807. The first-order valence-corrected chi connectivity index (χ1v) is 9.29. The topological polar surface area (TPSA) is 56.7 Å². The Balaban J connectivity index is 1.43. The molecule has 7 heteroatoms. The fourth-order valence-corrected chi connectivity index (χ4v) is 3.67. The van der Waals surface area contributed by atoms with E-state index in [9.17, 15) is 0 Å². The van der Waals surface area contributed by atoms with Crippen LogP contribution in [0.4, 0.5) is 0 Å². The van der Waals surface area contributed by atoms with Gasteiger partial charge in [0.1, 0.15) is 5.82 Å². The van der Waals surface area contributed by atoms with Crippen molar-refractivity contribution in [3.8, 4) is 10.8 Å². The van der Waals surface area contributed by atoms with Crippen molar-refractivity contribution in [3.05, 3.63) is 71.6 Å². The lowest BCUT2D eigenvalue weighted by molar-refractivity contribution is 0.466. The van der Waals surface area contributed by atoms with Gasteiger partial charge in [-0.3, -0.25) is 0 Å². The Labute approximate surface area is 147 Å². The molecule has 0 aliphatic carbocycles. The molecular formula is C17H14N4OS2. The molecule has 0 atom stereocenters. The molecule has 24 heavy (non-hydrogen) atoms. The van der Waals surface area contributed by atoms with Crippen molar-refractivity contribution in [1.29, 1.82) is 0 Å². The number of nitrogens with zero attached hydrogens (tertiary/aromatic N) is 4. The van der Waals surface area contributed by atoms with E-state index in [0.29, 0.717) is 16.9 Å². The summed E-state index contributed by atoms with van der Waals surface area (Å²) in [4.78, 5) is 5.42. The predicted molar refractivity (Wildman–Crippen MR) is 94.9 cm³/mol. The van der Waals surface area contributed by atoms with Gasteiger partial charge in [0.05, 0.1) is 10.6 Å². The van der Waals surface area contributed by atoms with E-state index in [1.807, 2.05) is 48.1 Å². The van der Waals surface area contributed by atoms with E-state index in [-0.39, 0.29) is 0 Å². The van der Waals surface area contributed by atoms with Crippen LogP contribution in [0.1, 0.15) is 11.4 Å². The highest BCUT2D eigenvalue weighted by Gasteiger charge is 2.11. The second kappa shape index (κ2) is 7.02. The molecule has 0 amide bonds. The van der Waals surface area contributed by atoms with Crippen LogP contribution >= 0.6 is 23.1 Å². The van der Waals surface area contributed by atoms with Gasteiger partial charge in [0.2, 0.25) is 0 Å². The first kappa shape index (κ1) is 15.2. The molecule has 0 N–H and O–H groups in total. The van der Waals surface area contributed by atoms with Crippen molar-refractivity contribution < 1.29 is 4.42 Å². The molecule has 0 radical (unpaired) electrons. The number of hydrogen-bond acceptors (Lipinski definition) is 6. The molecule has 1 aromatic carbocycles. The minimum Gasteiger partial charge on any atom is -0.410 e. The molecule has 0 unspecified atom stereocenters. The van der Waals surface area contributed by atoms with Gasteiger partial charge >= 0.3 is 0 Å². The maximum atomic E-state index is 5.70. The summed E-state index contributed by atoms with van der Waals surface area (Å²) in [5.41, 5.74) is 1.25. The van der Waals surface area contributed by atoms with Gasteiger partial charge in [0.25, 0.3) is 11.1 Å². The number of thiophene rings is 1. The predicted octanol–water partition coefficient (Wildman–Crippen LogP) is 4.34. The lowest BCUT2D eigenvalue weighted by Gasteiger charge is -2.06. The van der Waals surface area contributed by atoms with Crippen LogP contribution < -0.4 is 0 Å². The molecule has 3 heterocycles. The average Bonchev–Trinajstić information content (AvgIpc) is 3.36. The van der Waals surface area contributed by atoms with E-state index >= 15 is 0 Å². The molecule has 0 saturated heterocycles. The molecule has 0 spiro atoms. The summed E-state index contributed by atoms with van der Waals surface area (Å²) in [7, 11) is 0. The Morgan fingerprint density at radius 1 is 1.08 bits per heavy atom. The van der Waals surface area contributed by atoms with Crippen molar-refractivity contribution in [2.45, 2.75) is 17.5 Å². The van der Waals surface area contributed by atoms with Gasteiger partial charge in [-0.05, 0) is 17.0 Å². The van der Waals surface area contributed by atoms with Crippen LogP contribution in [0.25, 0.3) is 10.8 Å². The summed E-state index contributed by atoms with van der Waals surface area (Å²) in [5.74, 6) is 2.24. The standard InChI is InChI=1S/C17H14N4OS2/c1-2-5-13(6-3-1)11-21-9-8-18-15(21)12-24-17-20-19-16(22-17)14-7-4-10-23-14/h1-10H,11-12H2. The van der Waals surface area contributed by atoms with Gasteiger partial charge in [-0.15, -0.1) is 21.5 Å². The van der Waals surface area contributed by atoms with Crippen LogP contribution in [0.5, 0.6) is 0 Å². The van der Waals surface area contributed by atoms with Crippen molar-refractivity contribution in [1.82, 2.24) is 19.7 Å². The smallest absolute Gasteiger partial charge is 0.277 e. The minimum atomic E-state index is 0.563. The van der Waals surface area contributed by atoms with Crippen LogP contribution in [0, 0.1) is 0 Å². The molecule has 0 bridgehead atoms. The Kier molecular flexibility index (Phi) is 4.44. The van der Waals surface area contributed by atoms with Crippen molar-refractivity contribution in [3.63, 3.8) is 0 Å². The zero-order valence-electron chi connectivity index (χ0n) is 12.7. The first-order valence-electron chi connectivity index (χ1n) is 7.42. The van der Waals surface area contributed by atoms with E-state index in [2.05, 4.69) is 31.9 Å².